The second-order valence-electron chi connectivity index (χ2n) is 8.36. The van der Waals surface area contributed by atoms with Crippen molar-refractivity contribution >= 4 is 18.0 Å². The number of carbonyl (C=O) groups is 2. The van der Waals surface area contributed by atoms with Gasteiger partial charge in [0, 0.05) is 38.3 Å². The van der Waals surface area contributed by atoms with Crippen LogP contribution in [-0.4, -0.2) is 77.2 Å². The lowest BCUT2D eigenvalue weighted by atomic mass is 10.1. The fourth-order valence-corrected chi connectivity index (χ4v) is 3.96. The van der Waals surface area contributed by atoms with Gasteiger partial charge in [-0.25, -0.2) is 4.79 Å². The molecule has 3 amide bonds. The van der Waals surface area contributed by atoms with Gasteiger partial charge in [0.25, 0.3) is 5.91 Å². The van der Waals surface area contributed by atoms with Gasteiger partial charge in [0.2, 0.25) is 0 Å². The zero-order valence-electron chi connectivity index (χ0n) is 18.7. The van der Waals surface area contributed by atoms with Gasteiger partial charge in [0.1, 0.15) is 11.4 Å². The number of hydrogen-bond donors (Lipinski definition) is 3. The Labute approximate surface area is 192 Å². The second kappa shape index (κ2) is 9.51. The van der Waals surface area contributed by atoms with Crippen molar-refractivity contribution in [3.05, 3.63) is 58.8 Å². The average Bonchev–Trinajstić information content (AvgIpc) is 3.06. The summed E-state index contributed by atoms with van der Waals surface area (Å²) in [5.74, 6) is 0.0615. The summed E-state index contributed by atoms with van der Waals surface area (Å²) < 4.78 is 5.35. The molecule has 2 aliphatic heterocycles. The third-order valence-electron chi connectivity index (χ3n) is 5.94. The first-order valence-electron chi connectivity index (χ1n) is 10.8. The highest BCUT2D eigenvalue weighted by Crippen LogP contribution is 2.33. The van der Waals surface area contributed by atoms with Gasteiger partial charge in [0.15, 0.2) is 11.5 Å². The Kier molecular flexibility index (Phi) is 6.52. The molecule has 2 aliphatic rings. The van der Waals surface area contributed by atoms with Crippen LogP contribution in [0.15, 0.2) is 42.1 Å². The summed E-state index contributed by atoms with van der Waals surface area (Å²) in [6, 6.07) is 9.27. The molecule has 2 heterocycles. The average molecular weight is 453 g/mol. The summed E-state index contributed by atoms with van der Waals surface area (Å²) in [6.45, 7) is 4.35. The smallest absolute Gasteiger partial charge is 0.329 e. The number of urea groups is 1. The second-order valence-corrected chi connectivity index (χ2v) is 8.36. The largest absolute Gasteiger partial charge is 0.508 e. The van der Waals surface area contributed by atoms with Gasteiger partial charge in [0.05, 0.1) is 13.7 Å². The van der Waals surface area contributed by atoms with Crippen LogP contribution in [0.25, 0.3) is 6.08 Å². The first-order chi connectivity index (χ1) is 15.8. The Hall–Kier alpha value is -3.56. The highest BCUT2D eigenvalue weighted by atomic mass is 16.5. The summed E-state index contributed by atoms with van der Waals surface area (Å²) in [4.78, 5) is 30.9. The standard InChI is InChI=1S/C24H28N4O5/c1-26-7-9-27(10-8-26)15-18-11-17(13-21(33-2)22(18)30)12-20-23(31)28(24(32)25-20)14-16-3-5-19(29)6-4-16/h3-6,11-13,29-30H,7-10,14-15H2,1-2H3,(H,25,32). The van der Waals surface area contributed by atoms with Crippen LogP contribution in [0.2, 0.25) is 0 Å². The molecular weight excluding hydrogens is 424 g/mol. The minimum absolute atomic E-state index is 0.0781. The minimum atomic E-state index is -0.511. The summed E-state index contributed by atoms with van der Waals surface area (Å²) >= 11 is 0. The third kappa shape index (κ3) is 5.10. The van der Waals surface area contributed by atoms with E-state index in [0.29, 0.717) is 23.4 Å². The van der Waals surface area contributed by atoms with Crippen molar-refractivity contribution in [2.75, 3.05) is 40.3 Å². The van der Waals surface area contributed by atoms with Crippen LogP contribution in [0, 0.1) is 0 Å². The van der Waals surface area contributed by atoms with Crippen molar-refractivity contribution in [3.8, 4) is 17.2 Å². The number of amides is 3. The molecule has 0 aromatic heterocycles. The number of phenolic OH excluding ortho intramolecular Hbond substituents is 2. The van der Waals surface area contributed by atoms with Crippen LogP contribution in [0.4, 0.5) is 4.79 Å². The molecule has 0 unspecified atom stereocenters. The van der Waals surface area contributed by atoms with E-state index in [0.717, 1.165) is 36.6 Å². The number of piperazine rings is 1. The van der Waals surface area contributed by atoms with E-state index in [1.807, 2.05) is 6.07 Å². The van der Waals surface area contributed by atoms with Crippen molar-refractivity contribution < 1.29 is 24.5 Å². The molecule has 2 aromatic carbocycles. The van der Waals surface area contributed by atoms with E-state index in [9.17, 15) is 19.8 Å². The van der Waals surface area contributed by atoms with Crippen molar-refractivity contribution in [1.29, 1.82) is 0 Å². The topological polar surface area (TPSA) is 106 Å². The molecule has 2 saturated heterocycles. The first-order valence-corrected chi connectivity index (χ1v) is 10.8. The Bertz CT molecular complexity index is 1080. The fourth-order valence-electron chi connectivity index (χ4n) is 3.96. The molecule has 3 N–H and O–H groups in total. The van der Waals surface area contributed by atoms with Gasteiger partial charge in [-0.1, -0.05) is 12.1 Å². The highest BCUT2D eigenvalue weighted by molar-refractivity contribution is 6.13. The predicted octanol–water partition coefficient (Wildman–Crippen LogP) is 1.95. The number of nitrogens with zero attached hydrogens (tertiary/aromatic N) is 3. The van der Waals surface area contributed by atoms with Gasteiger partial charge < -0.3 is 25.2 Å². The van der Waals surface area contributed by atoms with Crippen molar-refractivity contribution in [2.24, 2.45) is 0 Å². The molecule has 0 spiro atoms. The van der Waals surface area contributed by atoms with Gasteiger partial charge in [-0.15, -0.1) is 0 Å². The summed E-state index contributed by atoms with van der Waals surface area (Å²) in [6.07, 6.45) is 1.59. The number of hydrogen-bond acceptors (Lipinski definition) is 7. The number of phenols is 2. The predicted molar refractivity (Wildman–Crippen MR) is 123 cm³/mol. The molecule has 0 radical (unpaired) electrons. The van der Waals surface area contributed by atoms with Crippen LogP contribution >= 0.6 is 0 Å². The quantitative estimate of drug-likeness (QED) is 0.454. The SMILES string of the molecule is COc1cc(C=C2NC(=O)N(Cc3ccc(O)cc3)C2=O)cc(CN2CCN(C)CC2)c1O. The zero-order valence-corrected chi connectivity index (χ0v) is 18.7. The summed E-state index contributed by atoms with van der Waals surface area (Å²) in [7, 11) is 3.57. The molecule has 0 aliphatic carbocycles. The highest BCUT2D eigenvalue weighted by Gasteiger charge is 2.33. The number of ether oxygens (including phenoxy) is 1. The van der Waals surface area contributed by atoms with E-state index >= 15 is 0 Å². The van der Waals surface area contributed by atoms with E-state index in [1.54, 1.807) is 24.3 Å². The number of aromatic hydroxyl groups is 2. The van der Waals surface area contributed by atoms with Gasteiger partial charge in [-0.3, -0.25) is 14.6 Å². The number of likely N-dealkylation sites (N-methyl/N-ethyl adjacent to an activating group) is 1. The molecule has 9 nitrogen and oxygen atoms in total. The molecule has 0 saturated carbocycles. The zero-order chi connectivity index (χ0) is 23.5. The van der Waals surface area contributed by atoms with E-state index in [-0.39, 0.29) is 23.7 Å². The molecule has 174 valence electrons. The number of nitrogens with one attached hydrogen (secondary N) is 1. The van der Waals surface area contributed by atoms with Crippen LogP contribution in [-0.2, 0) is 17.9 Å². The summed E-state index contributed by atoms with van der Waals surface area (Å²) in [5, 5.41) is 22.7. The van der Waals surface area contributed by atoms with Crippen LogP contribution < -0.4 is 10.1 Å². The number of imide groups is 1. The Morgan fingerprint density at radius 2 is 1.73 bits per heavy atom. The number of carbonyl (C=O) groups excluding carboxylic acids is 2. The Balaban J connectivity index is 1.55. The van der Waals surface area contributed by atoms with Gasteiger partial charge in [-0.05, 0) is 48.5 Å². The molecule has 33 heavy (non-hydrogen) atoms. The number of methoxy groups -OCH3 is 1. The fraction of sp³-hybridized carbons (Fsp3) is 0.333. The molecular formula is C24H28N4O5. The first kappa shape index (κ1) is 22.6. The van der Waals surface area contributed by atoms with Crippen LogP contribution in [0.5, 0.6) is 17.2 Å². The van der Waals surface area contributed by atoms with Crippen LogP contribution in [0.1, 0.15) is 16.7 Å². The molecule has 9 heteroatoms. The van der Waals surface area contributed by atoms with E-state index in [2.05, 4.69) is 22.2 Å². The minimum Gasteiger partial charge on any atom is -0.508 e. The Morgan fingerprint density at radius 3 is 2.39 bits per heavy atom. The van der Waals surface area contributed by atoms with Crippen molar-refractivity contribution in [2.45, 2.75) is 13.1 Å². The maximum Gasteiger partial charge on any atom is 0.329 e. The maximum absolute atomic E-state index is 12.9. The van der Waals surface area contributed by atoms with Crippen LogP contribution in [0.3, 0.4) is 0 Å². The third-order valence-corrected chi connectivity index (χ3v) is 5.94. The molecule has 0 atom stereocenters. The maximum atomic E-state index is 12.9. The van der Waals surface area contributed by atoms with E-state index in [1.165, 1.54) is 19.2 Å². The van der Waals surface area contributed by atoms with Gasteiger partial charge >= 0.3 is 6.03 Å². The Morgan fingerprint density at radius 1 is 1.03 bits per heavy atom. The molecule has 0 bridgehead atoms. The molecule has 2 fully saturated rings. The van der Waals surface area contributed by atoms with Crippen molar-refractivity contribution in [1.82, 2.24) is 20.0 Å². The monoisotopic (exact) mass is 452 g/mol. The lowest BCUT2D eigenvalue weighted by molar-refractivity contribution is -0.123. The lowest BCUT2D eigenvalue weighted by Crippen LogP contribution is -2.43. The number of rotatable bonds is 6. The van der Waals surface area contributed by atoms with E-state index in [4.69, 9.17) is 4.74 Å². The van der Waals surface area contributed by atoms with E-state index < -0.39 is 11.9 Å². The molecule has 4 rings (SSSR count). The molecule has 2 aromatic rings. The van der Waals surface area contributed by atoms with Crippen molar-refractivity contribution in [3.63, 3.8) is 0 Å². The summed E-state index contributed by atoms with van der Waals surface area (Å²) in [5.41, 5.74) is 2.21. The van der Waals surface area contributed by atoms with Gasteiger partial charge in [-0.2, -0.15) is 0 Å². The normalized spacial score (nSPS) is 18.7. The lowest BCUT2D eigenvalue weighted by Gasteiger charge is -2.32. The number of benzene rings is 2.